The summed E-state index contributed by atoms with van der Waals surface area (Å²) in [4.78, 5) is 11.3. The van der Waals surface area contributed by atoms with E-state index in [0.717, 1.165) is 12.1 Å². The van der Waals surface area contributed by atoms with E-state index in [1.165, 1.54) is 6.07 Å². The molecule has 1 aromatic carbocycles. The summed E-state index contributed by atoms with van der Waals surface area (Å²) in [7, 11) is 0. The molecule has 0 aromatic heterocycles. The zero-order valence-electron chi connectivity index (χ0n) is 10.7. The Morgan fingerprint density at radius 1 is 1.45 bits per heavy atom. The Labute approximate surface area is 119 Å². The highest BCUT2D eigenvalue weighted by molar-refractivity contribution is 6.31. The van der Waals surface area contributed by atoms with Crippen LogP contribution in [0.5, 0.6) is 0 Å². The van der Waals surface area contributed by atoms with Crippen LogP contribution in [0.3, 0.4) is 0 Å². The largest absolute Gasteiger partial charge is 0.463 e. The molecule has 1 aromatic rings. The first-order chi connectivity index (χ1) is 9.25. The van der Waals surface area contributed by atoms with Crippen LogP contribution in [0.4, 0.5) is 18.9 Å². The lowest BCUT2D eigenvalue weighted by Crippen LogP contribution is -2.15. The number of nitrogens with one attached hydrogen (secondary N) is 1. The molecule has 0 radical (unpaired) electrons. The second kappa shape index (κ2) is 6.65. The quantitative estimate of drug-likeness (QED) is 0.662. The van der Waals surface area contributed by atoms with Crippen molar-refractivity contribution in [3.63, 3.8) is 0 Å². The highest BCUT2D eigenvalue weighted by Gasteiger charge is 2.33. The maximum atomic E-state index is 12.7. The van der Waals surface area contributed by atoms with Crippen molar-refractivity contribution >= 4 is 23.3 Å². The Kier molecular flexibility index (Phi) is 5.44. The summed E-state index contributed by atoms with van der Waals surface area (Å²) in [6.07, 6.45) is -4.53. The second-order valence-electron chi connectivity index (χ2n) is 3.87. The molecule has 20 heavy (non-hydrogen) atoms. The Morgan fingerprint density at radius 3 is 2.65 bits per heavy atom. The minimum atomic E-state index is -4.53. The van der Waals surface area contributed by atoms with Crippen LogP contribution >= 0.6 is 11.6 Å². The molecule has 0 atom stereocenters. The number of anilines is 1. The second-order valence-corrected chi connectivity index (χ2v) is 4.28. The molecular formula is C13H13ClF3NO2. The fourth-order valence-electron chi connectivity index (χ4n) is 1.37. The predicted octanol–water partition coefficient (Wildman–Crippen LogP) is 3.89. The maximum Gasteiger partial charge on any atom is 0.417 e. The number of carbonyl (C=O) groups is 1. The van der Waals surface area contributed by atoms with Gasteiger partial charge in [-0.1, -0.05) is 18.2 Å². The topological polar surface area (TPSA) is 38.3 Å². The molecule has 0 saturated heterocycles. The zero-order valence-corrected chi connectivity index (χ0v) is 11.4. The number of carbonyl (C=O) groups excluding carboxylic acids is 1. The third-order valence-electron chi connectivity index (χ3n) is 2.34. The fourth-order valence-corrected chi connectivity index (χ4v) is 1.59. The Balaban J connectivity index is 2.75. The van der Waals surface area contributed by atoms with Crippen LogP contribution in [0.25, 0.3) is 0 Å². The molecule has 0 aliphatic carbocycles. The number of rotatable bonds is 5. The molecule has 0 fully saturated rings. The van der Waals surface area contributed by atoms with E-state index in [1.54, 1.807) is 6.92 Å². The lowest BCUT2D eigenvalue weighted by atomic mass is 10.2. The predicted molar refractivity (Wildman–Crippen MR) is 70.7 cm³/mol. The van der Waals surface area contributed by atoms with Gasteiger partial charge in [-0.2, -0.15) is 13.2 Å². The monoisotopic (exact) mass is 307 g/mol. The first kappa shape index (κ1) is 16.4. The fraction of sp³-hybridized carbons (Fsp3) is 0.308. The Morgan fingerprint density at radius 2 is 2.10 bits per heavy atom. The van der Waals surface area contributed by atoms with E-state index in [4.69, 9.17) is 16.3 Å². The smallest absolute Gasteiger partial charge is 0.417 e. The van der Waals surface area contributed by atoms with Crippen molar-refractivity contribution in [2.24, 2.45) is 0 Å². The molecule has 1 N–H and O–H groups in total. The van der Waals surface area contributed by atoms with E-state index >= 15 is 0 Å². The number of halogens is 4. The minimum Gasteiger partial charge on any atom is -0.463 e. The molecule has 0 saturated carbocycles. The van der Waals surface area contributed by atoms with Crippen molar-refractivity contribution in [3.05, 3.63) is 40.9 Å². The number of hydrogen-bond acceptors (Lipinski definition) is 3. The summed E-state index contributed by atoms with van der Waals surface area (Å²) >= 11 is 5.50. The summed E-state index contributed by atoms with van der Waals surface area (Å²) < 4.78 is 42.7. The normalized spacial score (nSPS) is 11.1. The van der Waals surface area contributed by atoms with E-state index in [2.05, 4.69) is 11.9 Å². The number of alkyl halides is 3. The minimum absolute atomic E-state index is 0.0161. The van der Waals surface area contributed by atoms with Gasteiger partial charge in [0.2, 0.25) is 0 Å². The van der Waals surface area contributed by atoms with Crippen LogP contribution in [0.2, 0.25) is 5.02 Å². The van der Waals surface area contributed by atoms with Crippen LogP contribution in [-0.4, -0.2) is 19.1 Å². The lowest BCUT2D eigenvalue weighted by molar-refractivity contribution is -0.139. The van der Waals surface area contributed by atoms with Gasteiger partial charge in [0.15, 0.2) is 0 Å². The highest BCUT2D eigenvalue weighted by Crippen LogP contribution is 2.36. The van der Waals surface area contributed by atoms with Gasteiger partial charge in [-0.25, -0.2) is 4.79 Å². The molecule has 110 valence electrons. The van der Waals surface area contributed by atoms with Gasteiger partial charge in [-0.05, 0) is 25.1 Å². The third-order valence-corrected chi connectivity index (χ3v) is 2.67. The van der Waals surface area contributed by atoms with E-state index < -0.39 is 17.7 Å². The van der Waals surface area contributed by atoms with E-state index in [0.29, 0.717) is 0 Å². The summed E-state index contributed by atoms with van der Waals surface area (Å²) in [5.41, 5.74) is -0.631. The van der Waals surface area contributed by atoms with Gasteiger partial charge in [0.25, 0.3) is 0 Å². The van der Waals surface area contributed by atoms with E-state index in [1.807, 2.05) is 0 Å². The average molecular weight is 308 g/mol. The summed E-state index contributed by atoms with van der Waals surface area (Å²) in [5.74, 6) is -0.593. The van der Waals surface area contributed by atoms with Crippen molar-refractivity contribution in [1.82, 2.24) is 0 Å². The van der Waals surface area contributed by atoms with Gasteiger partial charge >= 0.3 is 12.1 Å². The van der Waals surface area contributed by atoms with Gasteiger partial charge in [0.05, 0.1) is 17.2 Å². The van der Waals surface area contributed by atoms with Gasteiger partial charge < -0.3 is 10.1 Å². The summed E-state index contributed by atoms with van der Waals surface area (Å²) in [6.45, 7) is 5.33. The van der Waals surface area contributed by atoms with E-state index in [9.17, 15) is 18.0 Å². The van der Waals surface area contributed by atoms with Gasteiger partial charge in [0.1, 0.15) is 0 Å². The molecule has 0 heterocycles. The van der Waals surface area contributed by atoms with Gasteiger partial charge in [-0.3, -0.25) is 0 Å². The Hall–Kier alpha value is -1.69. The van der Waals surface area contributed by atoms with Crippen LogP contribution < -0.4 is 5.32 Å². The van der Waals surface area contributed by atoms with Crippen LogP contribution in [0.1, 0.15) is 12.5 Å². The molecule has 7 heteroatoms. The van der Waals surface area contributed by atoms with Crippen molar-refractivity contribution < 1.29 is 22.7 Å². The average Bonchev–Trinajstić information content (AvgIpc) is 2.36. The summed E-state index contributed by atoms with van der Waals surface area (Å²) in [5, 5.41) is 2.28. The van der Waals surface area contributed by atoms with Crippen molar-refractivity contribution in [1.29, 1.82) is 0 Å². The van der Waals surface area contributed by atoms with Gasteiger partial charge in [-0.15, -0.1) is 0 Å². The van der Waals surface area contributed by atoms with Crippen molar-refractivity contribution in [2.45, 2.75) is 13.1 Å². The number of ether oxygens (including phenoxy) is 1. The number of esters is 1. The van der Waals surface area contributed by atoms with Gasteiger partial charge in [0, 0.05) is 17.8 Å². The molecule has 0 spiro atoms. The van der Waals surface area contributed by atoms with Crippen LogP contribution in [0, 0.1) is 0 Å². The SMILES string of the molecule is C=C(CNc1ccc(Cl)c(C(F)(F)F)c1)C(=O)OCC. The molecule has 0 bridgehead atoms. The molecule has 0 amide bonds. The van der Waals surface area contributed by atoms with Crippen molar-refractivity contribution in [3.8, 4) is 0 Å². The third kappa shape index (κ3) is 4.45. The first-order valence-electron chi connectivity index (χ1n) is 5.71. The number of hydrogen-bond donors (Lipinski definition) is 1. The van der Waals surface area contributed by atoms with E-state index in [-0.39, 0.29) is 29.4 Å². The zero-order chi connectivity index (χ0) is 15.3. The first-order valence-corrected chi connectivity index (χ1v) is 6.09. The van der Waals surface area contributed by atoms with Crippen LogP contribution in [0.15, 0.2) is 30.4 Å². The molecular weight excluding hydrogens is 295 g/mol. The van der Waals surface area contributed by atoms with Crippen LogP contribution in [-0.2, 0) is 15.7 Å². The molecule has 0 aliphatic rings. The molecule has 1 rings (SSSR count). The maximum absolute atomic E-state index is 12.7. The lowest BCUT2D eigenvalue weighted by Gasteiger charge is -2.13. The molecule has 3 nitrogen and oxygen atoms in total. The molecule has 0 aliphatic heterocycles. The van der Waals surface area contributed by atoms with Crippen molar-refractivity contribution in [2.75, 3.05) is 18.5 Å². The Bertz CT molecular complexity index is 515. The molecule has 0 unspecified atom stereocenters. The summed E-state index contributed by atoms with van der Waals surface area (Å²) in [6, 6.07) is 3.40. The highest BCUT2D eigenvalue weighted by atomic mass is 35.5. The standard InChI is InChI=1S/C13H13ClF3NO2/c1-3-20-12(19)8(2)7-18-9-4-5-11(14)10(6-9)13(15,16)17/h4-6,18H,2-3,7H2,1H3. The number of benzene rings is 1.